The first-order valence-corrected chi connectivity index (χ1v) is 10.9. The predicted octanol–water partition coefficient (Wildman–Crippen LogP) is 4.40. The molecule has 0 N–H and O–H groups in total. The van der Waals surface area contributed by atoms with Crippen LogP contribution in [0, 0.1) is 0 Å². The van der Waals surface area contributed by atoms with Crippen LogP contribution in [0.2, 0.25) is 0 Å². The quantitative estimate of drug-likeness (QED) is 0.493. The molecule has 29 heavy (non-hydrogen) atoms. The predicted molar refractivity (Wildman–Crippen MR) is 119 cm³/mol. The van der Waals surface area contributed by atoms with E-state index < -0.39 is 16.8 Å². The smallest absolute Gasteiger partial charge is 0.343 e. The third-order valence-corrected chi connectivity index (χ3v) is 5.75. The molecule has 0 aliphatic carbocycles. The number of carbonyl (C=O) groups is 1. The van der Waals surface area contributed by atoms with Gasteiger partial charge in [-0.1, -0.05) is 72.8 Å². The second-order valence-electron chi connectivity index (χ2n) is 6.51. The standard InChI is InChI=1S/C24H24O4S/c1-27-24(25)18-28-23-14-6-12-21-20(10-5-13-22(21)23)11-7-16-29(26)17-15-19-8-3-2-4-9-19/h2-14H,15-18H2,1H3. The Morgan fingerprint density at radius 3 is 2.52 bits per heavy atom. The van der Waals surface area contributed by atoms with E-state index in [4.69, 9.17) is 4.74 Å². The molecule has 5 heteroatoms. The molecule has 0 spiro atoms. The molecule has 3 rings (SSSR count). The van der Waals surface area contributed by atoms with Gasteiger partial charge in [-0.3, -0.25) is 4.21 Å². The number of rotatable bonds is 9. The number of esters is 1. The molecule has 0 amide bonds. The lowest BCUT2D eigenvalue weighted by Gasteiger charge is -2.10. The van der Waals surface area contributed by atoms with Gasteiger partial charge in [0.25, 0.3) is 0 Å². The number of ether oxygens (including phenoxy) is 2. The monoisotopic (exact) mass is 408 g/mol. The fourth-order valence-electron chi connectivity index (χ4n) is 3.01. The first kappa shape index (κ1) is 20.8. The van der Waals surface area contributed by atoms with Crippen molar-refractivity contribution < 1.29 is 18.5 Å². The highest BCUT2D eigenvalue weighted by Crippen LogP contribution is 2.28. The van der Waals surface area contributed by atoms with E-state index in [9.17, 15) is 9.00 Å². The van der Waals surface area contributed by atoms with Gasteiger partial charge in [-0.25, -0.2) is 4.79 Å². The maximum absolute atomic E-state index is 12.3. The molecule has 3 aromatic rings. The summed E-state index contributed by atoms with van der Waals surface area (Å²) in [5.41, 5.74) is 2.23. The zero-order valence-corrected chi connectivity index (χ0v) is 17.2. The summed E-state index contributed by atoms with van der Waals surface area (Å²) in [6, 6.07) is 21.7. The summed E-state index contributed by atoms with van der Waals surface area (Å²) in [7, 11) is 0.430. The Labute approximate surface area is 173 Å². The van der Waals surface area contributed by atoms with Crippen molar-refractivity contribution in [2.75, 3.05) is 25.2 Å². The molecule has 0 radical (unpaired) electrons. The van der Waals surface area contributed by atoms with Gasteiger partial charge in [-0.15, -0.1) is 0 Å². The minimum Gasteiger partial charge on any atom is -0.481 e. The third kappa shape index (κ3) is 6.03. The van der Waals surface area contributed by atoms with Crippen molar-refractivity contribution in [3.8, 4) is 5.75 Å². The highest BCUT2D eigenvalue weighted by atomic mass is 32.2. The maximum Gasteiger partial charge on any atom is 0.343 e. The number of hydrogen-bond donors (Lipinski definition) is 0. The highest BCUT2D eigenvalue weighted by Gasteiger charge is 2.07. The van der Waals surface area contributed by atoms with Crippen LogP contribution in [0.1, 0.15) is 11.1 Å². The zero-order chi connectivity index (χ0) is 20.5. The Morgan fingerprint density at radius 2 is 1.72 bits per heavy atom. The summed E-state index contributed by atoms with van der Waals surface area (Å²) >= 11 is 0. The largest absolute Gasteiger partial charge is 0.481 e. The Morgan fingerprint density at radius 1 is 0.966 bits per heavy atom. The van der Waals surface area contributed by atoms with E-state index in [1.165, 1.54) is 12.7 Å². The van der Waals surface area contributed by atoms with Crippen LogP contribution in [-0.4, -0.2) is 35.4 Å². The van der Waals surface area contributed by atoms with Crippen molar-refractivity contribution in [2.24, 2.45) is 0 Å². The third-order valence-electron chi connectivity index (χ3n) is 4.53. The minimum atomic E-state index is -0.905. The fraction of sp³-hybridized carbons (Fsp3) is 0.208. The van der Waals surface area contributed by atoms with Gasteiger partial charge in [0.15, 0.2) is 6.61 Å². The number of fused-ring (bicyclic) bond motifs is 1. The van der Waals surface area contributed by atoms with Crippen LogP contribution in [0.25, 0.3) is 16.8 Å². The lowest BCUT2D eigenvalue weighted by molar-refractivity contribution is -0.142. The second kappa shape index (κ2) is 10.6. The van der Waals surface area contributed by atoms with Crippen LogP contribution >= 0.6 is 0 Å². The van der Waals surface area contributed by atoms with Crippen molar-refractivity contribution in [2.45, 2.75) is 6.42 Å². The summed E-state index contributed by atoms with van der Waals surface area (Å²) in [6.07, 6.45) is 4.77. The molecule has 0 fully saturated rings. The lowest BCUT2D eigenvalue weighted by atomic mass is 10.0. The molecule has 150 valence electrons. The van der Waals surface area contributed by atoms with Gasteiger partial charge < -0.3 is 9.47 Å². The fourth-order valence-corrected chi connectivity index (χ4v) is 3.96. The van der Waals surface area contributed by atoms with E-state index in [-0.39, 0.29) is 6.61 Å². The van der Waals surface area contributed by atoms with E-state index in [0.29, 0.717) is 17.3 Å². The molecule has 0 aliphatic heterocycles. The van der Waals surface area contributed by atoms with Crippen LogP contribution in [0.5, 0.6) is 5.75 Å². The molecule has 3 aromatic carbocycles. The van der Waals surface area contributed by atoms with Gasteiger partial charge in [0.2, 0.25) is 0 Å². The average molecular weight is 409 g/mol. The molecule has 0 bridgehead atoms. The number of methoxy groups -OCH3 is 1. The highest BCUT2D eigenvalue weighted by molar-refractivity contribution is 7.85. The first-order chi connectivity index (χ1) is 14.2. The number of hydrogen-bond acceptors (Lipinski definition) is 4. The van der Waals surface area contributed by atoms with E-state index in [2.05, 4.69) is 16.9 Å². The molecule has 0 aliphatic rings. The van der Waals surface area contributed by atoms with Crippen molar-refractivity contribution in [3.05, 3.63) is 83.9 Å². The maximum atomic E-state index is 12.3. The SMILES string of the molecule is COC(=O)COc1cccc2c(C=CCS(=O)CCc3ccccc3)cccc12. The van der Waals surface area contributed by atoms with Crippen LogP contribution < -0.4 is 4.74 Å². The lowest BCUT2D eigenvalue weighted by Crippen LogP contribution is -2.12. The summed E-state index contributed by atoms with van der Waals surface area (Å²) in [4.78, 5) is 11.3. The van der Waals surface area contributed by atoms with Gasteiger partial charge in [-0.2, -0.15) is 0 Å². The molecular formula is C24H24O4S. The molecule has 0 saturated heterocycles. The van der Waals surface area contributed by atoms with Crippen LogP contribution in [-0.2, 0) is 26.8 Å². The Bertz CT molecular complexity index is 1010. The van der Waals surface area contributed by atoms with Crippen LogP contribution in [0.3, 0.4) is 0 Å². The van der Waals surface area contributed by atoms with Gasteiger partial charge in [0.1, 0.15) is 5.75 Å². The summed E-state index contributed by atoms with van der Waals surface area (Å²) < 4.78 is 22.5. The van der Waals surface area contributed by atoms with Crippen molar-refractivity contribution in [1.82, 2.24) is 0 Å². The van der Waals surface area contributed by atoms with Gasteiger partial charge >= 0.3 is 5.97 Å². The zero-order valence-electron chi connectivity index (χ0n) is 16.4. The Kier molecular flexibility index (Phi) is 7.59. The topological polar surface area (TPSA) is 52.6 Å². The molecule has 1 atom stereocenters. The number of benzene rings is 3. The average Bonchev–Trinajstić information content (AvgIpc) is 2.77. The van der Waals surface area contributed by atoms with Crippen molar-refractivity contribution >= 4 is 33.6 Å². The normalized spacial score (nSPS) is 12.2. The molecule has 0 aromatic heterocycles. The van der Waals surface area contributed by atoms with Gasteiger partial charge in [-0.05, 0) is 29.0 Å². The van der Waals surface area contributed by atoms with Crippen LogP contribution in [0.15, 0.2) is 72.8 Å². The molecule has 1 unspecified atom stereocenters. The van der Waals surface area contributed by atoms with Crippen LogP contribution in [0.4, 0.5) is 0 Å². The van der Waals surface area contributed by atoms with Gasteiger partial charge in [0.05, 0.1) is 7.11 Å². The molecule has 4 nitrogen and oxygen atoms in total. The van der Waals surface area contributed by atoms with E-state index in [1.54, 1.807) is 0 Å². The summed E-state index contributed by atoms with van der Waals surface area (Å²) in [5, 5.41) is 1.94. The summed E-state index contributed by atoms with van der Waals surface area (Å²) in [5.74, 6) is 1.38. The van der Waals surface area contributed by atoms with E-state index in [0.717, 1.165) is 22.8 Å². The first-order valence-electron chi connectivity index (χ1n) is 9.44. The second-order valence-corrected chi connectivity index (χ2v) is 8.13. The minimum absolute atomic E-state index is 0.129. The summed E-state index contributed by atoms with van der Waals surface area (Å²) in [6.45, 7) is -0.129. The van der Waals surface area contributed by atoms with Gasteiger partial charge in [0, 0.05) is 27.7 Å². The van der Waals surface area contributed by atoms with Crippen molar-refractivity contribution in [3.63, 3.8) is 0 Å². The molecule has 0 saturated carbocycles. The van der Waals surface area contributed by atoms with E-state index >= 15 is 0 Å². The van der Waals surface area contributed by atoms with E-state index in [1.807, 2.05) is 66.7 Å². The number of aryl methyl sites for hydroxylation is 1. The van der Waals surface area contributed by atoms with Crippen molar-refractivity contribution in [1.29, 1.82) is 0 Å². The Hall–Kier alpha value is -2.92. The Balaban J connectivity index is 1.65. The molecule has 0 heterocycles. The number of carbonyl (C=O) groups excluding carboxylic acids is 1. The molecular weight excluding hydrogens is 384 g/mol.